The lowest BCUT2D eigenvalue weighted by molar-refractivity contribution is 0.298. The number of anilines is 1. The number of imidazole rings is 1. The maximum absolute atomic E-state index is 5.72. The molecule has 0 radical (unpaired) electrons. The summed E-state index contributed by atoms with van der Waals surface area (Å²) >= 11 is 0. The molecule has 0 aliphatic rings. The fourth-order valence-electron chi connectivity index (χ4n) is 1.76. The second-order valence-electron chi connectivity index (χ2n) is 3.91. The Kier molecular flexibility index (Phi) is 2.93. The predicted octanol–water partition coefficient (Wildman–Crippen LogP) is 0.883. The first-order valence-electron chi connectivity index (χ1n) is 5.79. The van der Waals surface area contributed by atoms with Crippen molar-refractivity contribution in [2.24, 2.45) is 0 Å². The molecule has 3 rings (SSSR count). The SMILES string of the molecule is Nc1ncnc2c1ncn2CCOc1cccnc1. The van der Waals surface area contributed by atoms with Gasteiger partial charge in [0.1, 0.15) is 24.2 Å². The van der Waals surface area contributed by atoms with Crippen LogP contribution in [0.15, 0.2) is 37.2 Å². The van der Waals surface area contributed by atoms with E-state index in [2.05, 4.69) is 19.9 Å². The van der Waals surface area contributed by atoms with Gasteiger partial charge in [0.2, 0.25) is 0 Å². The van der Waals surface area contributed by atoms with E-state index in [1.165, 1.54) is 6.33 Å². The smallest absolute Gasteiger partial charge is 0.165 e. The third-order valence-corrected chi connectivity index (χ3v) is 2.66. The Morgan fingerprint density at radius 2 is 2.21 bits per heavy atom. The van der Waals surface area contributed by atoms with Crippen LogP contribution >= 0.6 is 0 Å². The normalized spacial score (nSPS) is 10.7. The van der Waals surface area contributed by atoms with E-state index < -0.39 is 0 Å². The van der Waals surface area contributed by atoms with Crippen molar-refractivity contribution in [1.82, 2.24) is 24.5 Å². The van der Waals surface area contributed by atoms with Gasteiger partial charge in [0, 0.05) is 6.20 Å². The van der Waals surface area contributed by atoms with Crippen LogP contribution in [-0.2, 0) is 6.54 Å². The Bertz CT molecular complexity index is 681. The molecule has 0 unspecified atom stereocenters. The fraction of sp³-hybridized carbons (Fsp3) is 0.167. The van der Waals surface area contributed by atoms with Gasteiger partial charge in [-0.05, 0) is 12.1 Å². The lowest BCUT2D eigenvalue weighted by Gasteiger charge is -2.06. The largest absolute Gasteiger partial charge is 0.490 e. The third-order valence-electron chi connectivity index (χ3n) is 2.66. The summed E-state index contributed by atoms with van der Waals surface area (Å²) in [4.78, 5) is 16.2. The molecule has 0 atom stereocenters. The lowest BCUT2D eigenvalue weighted by Crippen LogP contribution is -2.08. The summed E-state index contributed by atoms with van der Waals surface area (Å²) in [5.74, 6) is 1.12. The Labute approximate surface area is 109 Å². The van der Waals surface area contributed by atoms with Crippen molar-refractivity contribution in [2.45, 2.75) is 6.54 Å². The molecule has 3 aromatic rings. The average Bonchev–Trinajstić information content (AvgIpc) is 2.85. The molecule has 0 aromatic carbocycles. The van der Waals surface area contributed by atoms with E-state index in [0.29, 0.717) is 30.1 Å². The first-order valence-corrected chi connectivity index (χ1v) is 5.79. The summed E-state index contributed by atoms with van der Waals surface area (Å²) in [6.45, 7) is 1.13. The average molecular weight is 256 g/mol. The van der Waals surface area contributed by atoms with Gasteiger partial charge < -0.3 is 15.0 Å². The molecule has 0 aliphatic carbocycles. The van der Waals surface area contributed by atoms with E-state index in [-0.39, 0.29) is 0 Å². The molecule has 2 N–H and O–H groups in total. The quantitative estimate of drug-likeness (QED) is 0.745. The van der Waals surface area contributed by atoms with Crippen molar-refractivity contribution in [2.75, 3.05) is 12.3 Å². The lowest BCUT2D eigenvalue weighted by atomic mass is 10.4. The zero-order chi connectivity index (χ0) is 13.1. The second-order valence-corrected chi connectivity index (χ2v) is 3.91. The Morgan fingerprint density at radius 3 is 3.05 bits per heavy atom. The van der Waals surface area contributed by atoms with Gasteiger partial charge in [-0.1, -0.05) is 0 Å². The zero-order valence-electron chi connectivity index (χ0n) is 10.1. The number of nitrogens with zero attached hydrogens (tertiary/aromatic N) is 5. The van der Waals surface area contributed by atoms with Crippen LogP contribution in [0.5, 0.6) is 5.75 Å². The first-order chi connectivity index (χ1) is 9.34. The van der Waals surface area contributed by atoms with Crippen molar-refractivity contribution in [3.63, 3.8) is 0 Å². The molecule has 0 aliphatic heterocycles. The predicted molar refractivity (Wildman–Crippen MR) is 69.5 cm³/mol. The van der Waals surface area contributed by atoms with Crippen LogP contribution < -0.4 is 10.5 Å². The molecule has 0 bridgehead atoms. The number of aromatic nitrogens is 5. The number of nitrogens with two attached hydrogens (primary N) is 1. The maximum Gasteiger partial charge on any atom is 0.165 e. The summed E-state index contributed by atoms with van der Waals surface area (Å²) in [5.41, 5.74) is 7.05. The monoisotopic (exact) mass is 256 g/mol. The van der Waals surface area contributed by atoms with E-state index in [4.69, 9.17) is 10.5 Å². The molecular weight excluding hydrogens is 244 g/mol. The van der Waals surface area contributed by atoms with Crippen LogP contribution in [0.4, 0.5) is 5.82 Å². The summed E-state index contributed by atoms with van der Waals surface area (Å²) in [6, 6.07) is 3.69. The minimum Gasteiger partial charge on any atom is -0.490 e. The molecule has 0 amide bonds. The topological polar surface area (TPSA) is 91.7 Å². The molecule has 0 saturated heterocycles. The van der Waals surface area contributed by atoms with Gasteiger partial charge in [-0.15, -0.1) is 0 Å². The van der Waals surface area contributed by atoms with Gasteiger partial charge in [-0.2, -0.15) is 0 Å². The molecule has 0 saturated carbocycles. The second kappa shape index (κ2) is 4.89. The number of hydrogen-bond donors (Lipinski definition) is 1. The molecule has 19 heavy (non-hydrogen) atoms. The van der Waals surface area contributed by atoms with Crippen LogP contribution in [0.3, 0.4) is 0 Å². The number of ether oxygens (including phenoxy) is 1. The molecule has 3 aromatic heterocycles. The number of hydrogen-bond acceptors (Lipinski definition) is 6. The molecule has 0 spiro atoms. The summed E-state index contributed by atoms with van der Waals surface area (Å²) < 4.78 is 7.45. The zero-order valence-corrected chi connectivity index (χ0v) is 10.1. The van der Waals surface area contributed by atoms with Crippen LogP contribution in [0.1, 0.15) is 0 Å². The van der Waals surface area contributed by atoms with Crippen LogP contribution in [0, 0.1) is 0 Å². The van der Waals surface area contributed by atoms with E-state index in [1.54, 1.807) is 18.7 Å². The Balaban J connectivity index is 1.71. The highest BCUT2D eigenvalue weighted by molar-refractivity contribution is 5.80. The van der Waals surface area contributed by atoms with Crippen molar-refractivity contribution < 1.29 is 4.74 Å². The van der Waals surface area contributed by atoms with Crippen LogP contribution in [0.2, 0.25) is 0 Å². The molecule has 96 valence electrons. The van der Waals surface area contributed by atoms with Gasteiger partial charge in [-0.3, -0.25) is 4.98 Å². The fourth-order valence-corrected chi connectivity index (χ4v) is 1.76. The molecule has 7 nitrogen and oxygen atoms in total. The van der Waals surface area contributed by atoms with Crippen molar-refractivity contribution >= 4 is 17.0 Å². The molecular formula is C12H12N6O. The Morgan fingerprint density at radius 1 is 1.26 bits per heavy atom. The summed E-state index contributed by atoms with van der Waals surface area (Å²) in [5, 5.41) is 0. The van der Waals surface area contributed by atoms with Crippen molar-refractivity contribution in [3.8, 4) is 5.75 Å². The van der Waals surface area contributed by atoms with E-state index >= 15 is 0 Å². The van der Waals surface area contributed by atoms with Gasteiger partial charge >= 0.3 is 0 Å². The van der Waals surface area contributed by atoms with Gasteiger partial charge in [0.05, 0.1) is 19.1 Å². The highest BCUT2D eigenvalue weighted by atomic mass is 16.5. The summed E-state index contributed by atoms with van der Waals surface area (Å²) in [7, 11) is 0. The van der Waals surface area contributed by atoms with Gasteiger partial charge in [-0.25, -0.2) is 15.0 Å². The minimum absolute atomic E-state index is 0.386. The standard InChI is InChI=1S/C12H12N6O/c13-11-10-12(16-7-15-11)18(8-17-10)4-5-19-9-2-1-3-14-6-9/h1-3,6-8H,4-5H2,(H2,13,15,16). The van der Waals surface area contributed by atoms with E-state index in [9.17, 15) is 0 Å². The van der Waals surface area contributed by atoms with Gasteiger partial charge in [0.15, 0.2) is 11.5 Å². The molecule has 0 fully saturated rings. The maximum atomic E-state index is 5.72. The number of fused-ring (bicyclic) bond motifs is 1. The Hall–Kier alpha value is -2.70. The highest BCUT2D eigenvalue weighted by Gasteiger charge is 2.07. The van der Waals surface area contributed by atoms with Crippen LogP contribution in [-0.4, -0.2) is 31.1 Å². The van der Waals surface area contributed by atoms with E-state index in [1.807, 2.05) is 16.7 Å². The number of pyridine rings is 1. The highest BCUT2D eigenvalue weighted by Crippen LogP contribution is 2.14. The first kappa shape index (κ1) is 11.4. The van der Waals surface area contributed by atoms with Crippen molar-refractivity contribution in [3.05, 3.63) is 37.2 Å². The summed E-state index contributed by atoms with van der Waals surface area (Å²) in [6.07, 6.45) is 6.49. The number of nitrogen functional groups attached to an aromatic ring is 1. The molecule has 7 heteroatoms. The van der Waals surface area contributed by atoms with Gasteiger partial charge in [0.25, 0.3) is 0 Å². The van der Waals surface area contributed by atoms with E-state index in [0.717, 1.165) is 5.75 Å². The van der Waals surface area contributed by atoms with Crippen molar-refractivity contribution in [1.29, 1.82) is 0 Å². The minimum atomic E-state index is 0.386. The number of rotatable bonds is 4. The van der Waals surface area contributed by atoms with Crippen LogP contribution in [0.25, 0.3) is 11.2 Å². The molecule has 3 heterocycles. The third kappa shape index (κ3) is 2.30.